The first-order valence-corrected chi connectivity index (χ1v) is 6.32. The van der Waals surface area contributed by atoms with E-state index in [1.165, 1.54) is 24.3 Å². The van der Waals surface area contributed by atoms with Crippen molar-refractivity contribution in [2.45, 2.75) is 6.92 Å². The summed E-state index contributed by atoms with van der Waals surface area (Å²) in [5.41, 5.74) is 0.0890. The summed E-state index contributed by atoms with van der Waals surface area (Å²) in [6, 6.07) is 7.03. The average Bonchev–Trinajstić information content (AvgIpc) is 2.44. The van der Waals surface area contributed by atoms with E-state index in [2.05, 4.69) is 20.8 Å². The molecule has 2 N–H and O–H groups in total. The molecule has 5 nitrogen and oxygen atoms in total. The third-order valence-electron chi connectivity index (χ3n) is 2.43. The van der Waals surface area contributed by atoms with Crippen molar-refractivity contribution >= 4 is 29.0 Å². The van der Waals surface area contributed by atoms with Gasteiger partial charge in [-0.15, -0.1) is 10.2 Å². The molecule has 7 heteroatoms. The lowest BCUT2D eigenvalue weighted by molar-refractivity contribution is 0.102. The first-order chi connectivity index (χ1) is 9.60. The van der Waals surface area contributed by atoms with Crippen molar-refractivity contribution in [2.24, 2.45) is 0 Å². The molecule has 0 saturated heterocycles. The van der Waals surface area contributed by atoms with E-state index < -0.39 is 11.7 Å². The van der Waals surface area contributed by atoms with E-state index in [0.29, 0.717) is 17.4 Å². The fourth-order valence-electron chi connectivity index (χ4n) is 1.51. The average molecular weight is 295 g/mol. The number of carbonyl (C=O) groups excluding carboxylic acids is 1. The van der Waals surface area contributed by atoms with Gasteiger partial charge in [-0.2, -0.15) is 0 Å². The van der Waals surface area contributed by atoms with E-state index in [4.69, 9.17) is 11.6 Å². The lowest BCUT2D eigenvalue weighted by Gasteiger charge is -2.06. The largest absolute Gasteiger partial charge is 0.369 e. The van der Waals surface area contributed by atoms with Crippen LogP contribution < -0.4 is 10.6 Å². The zero-order valence-electron chi connectivity index (χ0n) is 10.7. The molecule has 104 valence electrons. The summed E-state index contributed by atoms with van der Waals surface area (Å²) in [6.45, 7) is 2.62. The van der Waals surface area contributed by atoms with Crippen LogP contribution in [0.5, 0.6) is 0 Å². The smallest absolute Gasteiger partial charge is 0.276 e. The number of amides is 1. The standard InChI is InChI=1S/C13H12ClFN4O/c1-2-16-12-6-5-10(18-19-12)13(20)17-11-7-8(14)3-4-9(11)15/h3-7H,2H2,1H3,(H,16,19)(H,17,20). The predicted octanol–water partition coefficient (Wildman–Crippen LogP) is 2.95. The van der Waals surface area contributed by atoms with Crippen molar-refractivity contribution in [3.8, 4) is 0 Å². The van der Waals surface area contributed by atoms with Crippen LogP contribution in [0.3, 0.4) is 0 Å². The van der Waals surface area contributed by atoms with E-state index in [0.717, 1.165) is 0 Å². The Morgan fingerprint density at radius 2 is 2.10 bits per heavy atom. The minimum atomic E-state index is -0.569. The van der Waals surface area contributed by atoms with E-state index in [1.54, 1.807) is 6.07 Å². The zero-order chi connectivity index (χ0) is 14.5. The van der Waals surface area contributed by atoms with Crippen LogP contribution in [0.1, 0.15) is 17.4 Å². The highest BCUT2D eigenvalue weighted by atomic mass is 35.5. The van der Waals surface area contributed by atoms with Crippen LogP contribution in [0.25, 0.3) is 0 Å². The van der Waals surface area contributed by atoms with Crippen molar-refractivity contribution in [3.63, 3.8) is 0 Å². The van der Waals surface area contributed by atoms with Crippen molar-refractivity contribution in [3.05, 3.63) is 46.9 Å². The Balaban J connectivity index is 2.13. The van der Waals surface area contributed by atoms with Crippen molar-refractivity contribution in [1.29, 1.82) is 0 Å². The fourth-order valence-corrected chi connectivity index (χ4v) is 1.68. The summed E-state index contributed by atoms with van der Waals surface area (Å²) in [4.78, 5) is 11.9. The number of nitrogens with one attached hydrogen (secondary N) is 2. The van der Waals surface area contributed by atoms with Gasteiger partial charge in [0.25, 0.3) is 5.91 Å². The highest BCUT2D eigenvalue weighted by Gasteiger charge is 2.11. The Morgan fingerprint density at radius 1 is 1.30 bits per heavy atom. The normalized spacial score (nSPS) is 10.2. The molecule has 0 atom stereocenters. The minimum absolute atomic E-state index is 0.0000553. The second-order valence-electron chi connectivity index (χ2n) is 3.91. The van der Waals surface area contributed by atoms with Gasteiger partial charge < -0.3 is 10.6 Å². The first kappa shape index (κ1) is 14.2. The SMILES string of the molecule is CCNc1ccc(C(=O)Nc2cc(Cl)ccc2F)nn1. The van der Waals surface area contributed by atoms with E-state index in [9.17, 15) is 9.18 Å². The summed E-state index contributed by atoms with van der Waals surface area (Å²) in [6.07, 6.45) is 0. The molecule has 0 aliphatic carbocycles. The summed E-state index contributed by atoms with van der Waals surface area (Å²) < 4.78 is 13.5. The molecule has 1 aromatic carbocycles. The quantitative estimate of drug-likeness (QED) is 0.910. The molecular formula is C13H12ClFN4O. The van der Waals surface area contributed by atoms with Crippen molar-refractivity contribution < 1.29 is 9.18 Å². The summed E-state index contributed by atoms with van der Waals surface area (Å²) >= 11 is 5.75. The molecule has 0 bridgehead atoms. The molecule has 1 aromatic heterocycles. The number of benzene rings is 1. The van der Waals surface area contributed by atoms with E-state index >= 15 is 0 Å². The number of nitrogens with zero attached hydrogens (tertiary/aromatic N) is 2. The van der Waals surface area contributed by atoms with Crippen LogP contribution in [0.2, 0.25) is 5.02 Å². The Bertz CT molecular complexity index is 618. The van der Waals surface area contributed by atoms with E-state index in [-0.39, 0.29) is 11.4 Å². The predicted molar refractivity (Wildman–Crippen MR) is 75.6 cm³/mol. The van der Waals surface area contributed by atoms with Gasteiger partial charge >= 0.3 is 0 Å². The number of hydrogen-bond acceptors (Lipinski definition) is 4. The summed E-state index contributed by atoms with van der Waals surface area (Å²) in [5.74, 6) is -0.556. The summed E-state index contributed by atoms with van der Waals surface area (Å²) in [5, 5.41) is 13.3. The molecule has 2 rings (SSSR count). The molecule has 0 aliphatic heterocycles. The number of hydrogen-bond donors (Lipinski definition) is 2. The number of rotatable bonds is 4. The second kappa shape index (κ2) is 6.29. The molecule has 1 amide bonds. The van der Waals surface area contributed by atoms with Gasteiger partial charge in [-0.3, -0.25) is 4.79 Å². The molecule has 0 unspecified atom stereocenters. The molecule has 20 heavy (non-hydrogen) atoms. The third kappa shape index (κ3) is 3.42. The maximum Gasteiger partial charge on any atom is 0.276 e. The highest BCUT2D eigenvalue weighted by Crippen LogP contribution is 2.20. The molecule has 0 saturated carbocycles. The van der Waals surface area contributed by atoms with Gasteiger partial charge in [0.15, 0.2) is 5.69 Å². The zero-order valence-corrected chi connectivity index (χ0v) is 11.4. The Kier molecular flexibility index (Phi) is 4.47. The van der Waals surface area contributed by atoms with Crippen molar-refractivity contribution in [1.82, 2.24) is 10.2 Å². The molecule has 0 radical (unpaired) electrons. The molecular weight excluding hydrogens is 283 g/mol. The fraction of sp³-hybridized carbons (Fsp3) is 0.154. The van der Waals surface area contributed by atoms with Gasteiger partial charge in [-0.25, -0.2) is 4.39 Å². The van der Waals surface area contributed by atoms with Gasteiger partial charge in [-0.1, -0.05) is 11.6 Å². The van der Waals surface area contributed by atoms with Crippen LogP contribution in [0, 0.1) is 5.82 Å². The summed E-state index contributed by atoms with van der Waals surface area (Å²) in [7, 11) is 0. The highest BCUT2D eigenvalue weighted by molar-refractivity contribution is 6.31. The first-order valence-electron chi connectivity index (χ1n) is 5.94. The van der Waals surface area contributed by atoms with Gasteiger partial charge in [0, 0.05) is 11.6 Å². The van der Waals surface area contributed by atoms with Crippen LogP contribution in [-0.2, 0) is 0 Å². The second-order valence-corrected chi connectivity index (χ2v) is 4.35. The minimum Gasteiger partial charge on any atom is -0.369 e. The lowest BCUT2D eigenvalue weighted by atomic mass is 10.3. The van der Waals surface area contributed by atoms with E-state index in [1.807, 2.05) is 6.92 Å². The topological polar surface area (TPSA) is 66.9 Å². The Morgan fingerprint density at radius 3 is 2.75 bits per heavy atom. The number of halogens is 2. The van der Waals surface area contributed by atoms with Gasteiger partial charge in [0.05, 0.1) is 5.69 Å². The number of anilines is 2. The third-order valence-corrected chi connectivity index (χ3v) is 2.67. The lowest BCUT2D eigenvalue weighted by Crippen LogP contribution is -2.15. The molecule has 0 spiro atoms. The van der Waals surface area contributed by atoms with Gasteiger partial charge in [-0.05, 0) is 37.3 Å². The Labute approximate surface area is 120 Å². The van der Waals surface area contributed by atoms with Crippen LogP contribution in [-0.4, -0.2) is 22.6 Å². The number of aromatic nitrogens is 2. The Hall–Kier alpha value is -2.21. The molecule has 0 aliphatic rings. The molecule has 1 heterocycles. The number of carbonyl (C=O) groups is 1. The van der Waals surface area contributed by atoms with Crippen LogP contribution in [0.15, 0.2) is 30.3 Å². The monoisotopic (exact) mass is 294 g/mol. The van der Waals surface area contributed by atoms with Gasteiger partial charge in [0.1, 0.15) is 11.6 Å². The van der Waals surface area contributed by atoms with Crippen LogP contribution >= 0.6 is 11.6 Å². The maximum atomic E-state index is 13.5. The van der Waals surface area contributed by atoms with Gasteiger partial charge in [0.2, 0.25) is 0 Å². The molecule has 2 aromatic rings. The van der Waals surface area contributed by atoms with Crippen molar-refractivity contribution in [2.75, 3.05) is 17.2 Å². The van der Waals surface area contributed by atoms with Crippen LogP contribution in [0.4, 0.5) is 15.9 Å². The molecule has 0 fully saturated rings. The maximum absolute atomic E-state index is 13.5.